The largest absolute Gasteiger partial charge is 0.342 e. The van der Waals surface area contributed by atoms with Gasteiger partial charge in [-0.05, 0) is 37.0 Å². The van der Waals surface area contributed by atoms with E-state index in [0.29, 0.717) is 23.7 Å². The second-order valence-corrected chi connectivity index (χ2v) is 7.18. The molecule has 0 aromatic carbocycles. The van der Waals surface area contributed by atoms with E-state index in [1.807, 2.05) is 0 Å². The predicted molar refractivity (Wildman–Crippen MR) is 80.7 cm³/mol. The van der Waals surface area contributed by atoms with Crippen LogP contribution in [-0.4, -0.2) is 29.9 Å². The zero-order valence-electron chi connectivity index (χ0n) is 13.4. The Morgan fingerprint density at radius 1 is 1.16 bits per heavy atom. The lowest BCUT2D eigenvalue weighted by Gasteiger charge is -2.35. The fourth-order valence-corrected chi connectivity index (χ4v) is 3.04. The van der Waals surface area contributed by atoms with E-state index in [0.717, 1.165) is 32.4 Å². The summed E-state index contributed by atoms with van der Waals surface area (Å²) in [6.07, 6.45) is 2.93. The van der Waals surface area contributed by atoms with Gasteiger partial charge in [0.2, 0.25) is 5.91 Å². The van der Waals surface area contributed by atoms with Gasteiger partial charge < -0.3 is 10.6 Å². The van der Waals surface area contributed by atoms with Gasteiger partial charge in [-0.1, -0.05) is 34.6 Å². The number of nitrogens with two attached hydrogens (primary N) is 1. The summed E-state index contributed by atoms with van der Waals surface area (Å²) in [5.41, 5.74) is 6.05. The molecular formula is C16H32N2O. The van der Waals surface area contributed by atoms with Crippen molar-refractivity contribution in [1.82, 2.24) is 4.90 Å². The van der Waals surface area contributed by atoms with E-state index in [1.165, 1.54) is 0 Å². The molecule has 1 fully saturated rings. The van der Waals surface area contributed by atoms with Gasteiger partial charge in [0.1, 0.15) is 0 Å². The average molecular weight is 268 g/mol. The smallest absolute Gasteiger partial charge is 0.225 e. The Bertz CT molecular complexity index is 278. The normalized spacial score (nSPS) is 27.9. The van der Waals surface area contributed by atoms with Crippen LogP contribution in [0.4, 0.5) is 0 Å². The molecule has 1 aliphatic carbocycles. The number of nitrogens with zero attached hydrogens (tertiary/aromatic N) is 1. The highest BCUT2D eigenvalue weighted by Crippen LogP contribution is 2.29. The van der Waals surface area contributed by atoms with Gasteiger partial charge in [0, 0.05) is 25.0 Å². The Morgan fingerprint density at radius 3 is 2.11 bits per heavy atom. The Labute approximate surface area is 118 Å². The SMILES string of the molecule is CC(C)CN(CC(C)C)C(=O)C1CCC(N)C(C)C1. The molecule has 0 aromatic heterocycles. The van der Waals surface area contributed by atoms with Gasteiger partial charge in [0.25, 0.3) is 0 Å². The summed E-state index contributed by atoms with van der Waals surface area (Å²) in [6.45, 7) is 12.7. The molecule has 1 saturated carbocycles. The third kappa shape index (κ3) is 5.13. The van der Waals surface area contributed by atoms with E-state index in [2.05, 4.69) is 39.5 Å². The Balaban J connectivity index is 2.64. The van der Waals surface area contributed by atoms with Gasteiger partial charge in [-0.2, -0.15) is 0 Å². The summed E-state index contributed by atoms with van der Waals surface area (Å²) in [4.78, 5) is 14.8. The molecule has 3 atom stereocenters. The zero-order chi connectivity index (χ0) is 14.6. The highest BCUT2D eigenvalue weighted by atomic mass is 16.2. The molecule has 3 nitrogen and oxygen atoms in total. The van der Waals surface area contributed by atoms with Gasteiger partial charge in [0.05, 0.1) is 0 Å². The quantitative estimate of drug-likeness (QED) is 0.833. The Kier molecular flexibility index (Phi) is 6.31. The van der Waals surface area contributed by atoms with Crippen LogP contribution in [0, 0.1) is 23.7 Å². The number of hydrogen-bond acceptors (Lipinski definition) is 2. The first kappa shape index (κ1) is 16.5. The molecule has 0 aliphatic heterocycles. The summed E-state index contributed by atoms with van der Waals surface area (Å²) >= 11 is 0. The van der Waals surface area contributed by atoms with Crippen LogP contribution in [-0.2, 0) is 4.79 Å². The van der Waals surface area contributed by atoms with Gasteiger partial charge >= 0.3 is 0 Å². The highest BCUT2D eigenvalue weighted by Gasteiger charge is 2.32. The van der Waals surface area contributed by atoms with Crippen molar-refractivity contribution in [2.45, 2.75) is 59.9 Å². The summed E-state index contributed by atoms with van der Waals surface area (Å²) in [7, 11) is 0. The fraction of sp³-hybridized carbons (Fsp3) is 0.938. The number of carbonyl (C=O) groups excluding carboxylic acids is 1. The minimum Gasteiger partial charge on any atom is -0.342 e. The molecule has 0 aromatic rings. The van der Waals surface area contributed by atoms with Crippen molar-refractivity contribution in [3.63, 3.8) is 0 Å². The minimum absolute atomic E-state index is 0.201. The summed E-state index contributed by atoms with van der Waals surface area (Å²) in [6, 6.07) is 0.285. The van der Waals surface area contributed by atoms with Crippen LogP contribution < -0.4 is 5.73 Å². The van der Waals surface area contributed by atoms with Gasteiger partial charge in [-0.3, -0.25) is 4.79 Å². The highest BCUT2D eigenvalue weighted by molar-refractivity contribution is 5.79. The molecular weight excluding hydrogens is 236 g/mol. The first-order chi connectivity index (χ1) is 8.81. The van der Waals surface area contributed by atoms with E-state index >= 15 is 0 Å². The van der Waals surface area contributed by atoms with Crippen LogP contribution in [0.25, 0.3) is 0 Å². The number of hydrogen-bond donors (Lipinski definition) is 1. The number of rotatable bonds is 5. The molecule has 0 heterocycles. The second-order valence-electron chi connectivity index (χ2n) is 7.18. The van der Waals surface area contributed by atoms with Crippen LogP contribution in [0.15, 0.2) is 0 Å². The predicted octanol–water partition coefficient (Wildman–Crippen LogP) is 2.89. The van der Waals surface area contributed by atoms with Crippen molar-refractivity contribution in [3.8, 4) is 0 Å². The summed E-state index contributed by atoms with van der Waals surface area (Å²) < 4.78 is 0. The Morgan fingerprint density at radius 2 is 1.68 bits per heavy atom. The second kappa shape index (κ2) is 7.28. The first-order valence-electron chi connectivity index (χ1n) is 7.85. The van der Waals surface area contributed by atoms with Crippen molar-refractivity contribution in [3.05, 3.63) is 0 Å². The zero-order valence-corrected chi connectivity index (χ0v) is 13.4. The van der Waals surface area contributed by atoms with Crippen molar-refractivity contribution in [2.75, 3.05) is 13.1 Å². The average Bonchev–Trinajstić information content (AvgIpc) is 2.29. The van der Waals surface area contributed by atoms with Crippen molar-refractivity contribution in [1.29, 1.82) is 0 Å². The van der Waals surface area contributed by atoms with Crippen LogP contribution in [0.3, 0.4) is 0 Å². The number of carbonyl (C=O) groups is 1. The standard InChI is InChI=1S/C16H32N2O/c1-11(2)9-18(10-12(3)4)16(19)14-6-7-15(17)13(5)8-14/h11-15H,6-10,17H2,1-5H3. The van der Waals surface area contributed by atoms with Crippen LogP contribution in [0.2, 0.25) is 0 Å². The van der Waals surface area contributed by atoms with E-state index in [9.17, 15) is 4.79 Å². The molecule has 19 heavy (non-hydrogen) atoms. The van der Waals surface area contributed by atoms with E-state index in [1.54, 1.807) is 0 Å². The van der Waals surface area contributed by atoms with Crippen molar-refractivity contribution < 1.29 is 4.79 Å². The molecule has 3 heteroatoms. The van der Waals surface area contributed by atoms with Crippen LogP contribution >= 0.6 is 0 Å². The van der Waals surface area contributed by atoms with E-state index < -0.39 is 0 Å². The molecule has 1 rings (SSSR count). The van der Waals surface area contributed by atoms with E-state index in [4.69, 9.17) is 5.73 Å². The molecule has 0 spiro atoms. The fourth-order valence-electron chi connectivity index (χ4n) is 3.04. The third-order valence-corrected chi connectivity index (χ3v) is 4.07. The molecule has 112 valence electrons. The maximum atomic E-state index is 12.7. The lowest BCUT2D eigenvalue weighted by atomic mass is 9.78. The molecule has 0 bridgehead atoms. The van der Waals surface area contributed by atoms with Crippen LogP contribution in [0.5, 0.6) is 0 Å². The van der Waals surface area contributed by atoms with Gasteiger partial charge in [-0.25, -0.2) is 0 Å². The molecule has 1 aliphatic rings. The first-order valence-corrected chi connectivity index (χ1v) is 7.85. The third-order valence-electron chi connectivity index (χ3n) is 4.07. The maximum Gasteiger partial charge on any atom is 0.225 e. The van der Waals surface area contributed by atoms with E-state index in [-0.39, 0.29) is 12.0 Å². The molecule has 3 unspecified atom stereocenters. The minimum atomic E-state index is 0.201. The molecule has 0 saturated heterocycles. The maximum absolute atomic E-state index is 12.7. The van der Waals surface area contributed by atoms with Gasteiger partial charge in [0.15, 0.2) is 0 Å². The summed E-state index contributed by atoms with van der Waals surface area (Å²) in [5.74, 6) is 2.10. The van der Waals surface area contributed by atoms with Crippen molar-refractivity contribution in [2.24, 2.45) is 29.4 Å². The summed E-state index contributed by atoms with van der Waals surface area (Å²) in [5, 5.41) is 0. The monoisotopic (exact) mass is 268 g/mol. The molecule has 2 N–H and O–H groups in total. The number of amides is 1. The topological polar surface area (TPSA) is 46.3 Å². The van der Waals surface area contributed by atoms with Crippen molar-refractivity contribution >= 4 is 5.91 Å². The lowest BCUT2D eigenvalue weighted by Crippen LogP contribution is -2.44. The molecule has 0 radical (unpaired) electrons. The van der Waals surface area contributed by atoms with Gasteiger partial charge in [-0.15, -0.1) is 0 Å². The van der Waals surface area contributed by atoms with Crippen LogP contribution in [0.1, 0.15) is 53.9 Å². The molecule has 1 amide bonds. The lowest BCUT2D eigenvalue weighted by molar-refractivity contribution is -0.138. The Hall–Kier alpha value is -0.570.